The topological polar surface area (TPSA) is 37.3 Å². The third kappa shape index (κ3) is 2.94. The van der Waals surface area contributed by atoms with Crippen molar-refractivity contribution in [3.8, 4) is 0 Å². The first kappa shape index (κ1) is 9.97. The minimum atomic E-state index is -0.847. The van der Waals surface area contributed by atoms with Crippen molar-refractivity contribution >= 4 is 5.97 Å². The quantitative estimate of drug-likeness (QED) is 0.762. The minimum Gasteiger partial charge on any atom is -0.478 e. The van der Waals surface area contributed by atoms with E-state index in [2.05, 4.69) is 12.1 Å². The first-order valence-electron chi connectivity index (χ1n) is 5.21. The highest BCUT2D eigenvalue weighted by Crippen LogP contribution is 2.41. The number of benzene rings is 1. The largest absolute Gasteiger partial charge is 0.478 e. The van der Waals surface area contributed by atoms with Crippen molar-refractivity contribution in [1.82, 2.24) is 0 Å². The van der Waals surface area contributed by atoms with Gasteiger partial charge in [-0.25, -0.2) is 4.79 Å². The number of carboxylic acids is 1. The van der Waals surface area contributed by atoms with Crippen LogP contribution in [0.1, 0.15) is 12.0 Å². The second-order valence-corrected chi connectivity index (χ2v) is 4.05. The number of carbonyl (C=O) groups is 1. The Labute approximate surface area is 89.2 Å². The van der Waals surface area contributed by atoms with Crippen LogP contribution in [0.25, 0.3) is 0 Å². The van der Waals surface area contributed by atoms with E-state index in [0.717, 1.165) is 12.8 Å². The molecular weight excluding hydrogens is 188 g/mol. The molecule has 1 N–H and O–H groups in total. The normalized spacial score (nSPS) is 24.3. The monoisotopic (exact) mass is 202 g/mol. The number of carboxylic acid groups (broad SMARTS) is 1. The Balaban J connectivity index is 1.83. The molecule has 1 aliphatic rings. The van der Waals surface area contributed by atoms with E-state index in [4.69, 9.17) is 5.11 Å². The summed E-state index contributed by atoms with van der Waals surface area (Å²) in [4.78, 5) is 10.3. The standard InChI is InChI=1S/C13H14O2/c14-13(15)7-6-11-9-12(11)8-10-4-2-1-3-5-10/h1-7,11-12H,8-9H2,(H,14,15)/b7-6+/t11-,12-/m1/s1. The number of aliphatic carboxylic acids is 1. The molecule has 0 radical (unpaired) electrons. The van der Waals surface area contributed by atoms with Gasteiger partial charge in [-0.3, -0.25) is 0 Å². The molecule has 1 saturated carbocycles. The Kier molecular flexibility index (Phi) is 2.86. The van der Waals surface area contributed by atoms with Crippen molar-refractivity contribution in [2.45, 2.75) is 12.8 Å². The van der Waals surface area contributed by atoms with Gasteiger partial charge < -0.3 is 5.11 Å². The molecule has 0 saturated heterocycles. The van der Waals surface area contributed by atoms with Gasteiger partial charge in [-0.15, -0.1) is 0 Å². The average Bonchev–Trinajstić information content (AvgIpc) is 2.95. The van der Waals surface area contributed by atoms with Gasteiger partial charge in [0, 0.05) is 6.08 Å². The summed E-state index contributed by atoms with van der Waals surface area (Å²) in [7, 11) is 0. The van der Waals surface area contributed by atoms with Gasteiger partial charge >= 0.3 is 5.97 Å². The van der Waals surface area contributed by atoms with Crippen molar-refractivity contribution in [2.24, 2.45) is 11.8 Å². The molecule has 2 atom stereocenters. The summed E-state index contributed by atoms with van der Waals surface area (Å²) in [6.45, 7) is 0. The van der Waals surface area contributed by atoms with Crippen LogP contribution in [0.15, 0.2) is 42.5 Å². The Morgan fingerprint density at radius 3 is 2.80 bits per heavy atom. The van der Waals surface area contributed by atoms with Crippen LogP contribution in [0.3, 0.4) is 0 Å². The average molecular weight is 202 g/mol. The molecule has 2 rings (SSSR count). The van der Waals surface area contributed by atoms with E-state index in [1.54, 1.807) is 0 Å². The third-order valence-electron chi connectivity index (χ3n) is 2.80. The smallest absolute Gasteiger partial charge is 0.327 e. The molecule has 1 aromatic carbocycles. The van der Waals surface area contributed by atoms with E-state index in [0.29, 0.717) is 11.8 Å². The van der Waals surface area contributed by atoms with E-state index in [1.165, 1.54) is 11.6 Å². The minimum absolute atomic E-state index is 0.473. The first-order chi connectivity index (χ1) is 7.25. The zero-order chi connectivity index (χ0) is 10.7. The lowest BCUT2D eigenvalue weighted by Gasteiger charge is -1.97. The number of hydrogen-bond acceptors (Lipinski definition) is 1. The fourth-order valence-electron chi connectivity index (χ4n) is 1.86. The molecule has 0 bridgehead atoms. The molecule has 15 heavy (non-hydrogen) atoms. The third-order valence-corrected chi connectivity index (χ3v) is 2.80. The summed E-state index contributed by atoms with van der Waals surface area (Å²) in [5.41, 5.74) is 1.34. The van der Waals surface area contributed by atoms with Crippen LogP contribution in [0.4, 0.5) is 0 Å². The number of rotatable bonds is 4. The van der Waals surface area contributed by atoms with Crippen LogP contribution < -0.4 is 0 Å². The van der Waals surface area contributed by atoms with Crippen LogP contribution in [-0.4, -0.2) is 11.1 Å². The predicted octanol–water partition coefficient (Wildman–Crippen LogP) is 2.51. The van der Waals surface area contributed by atoms with Gasteiger partial charge in [0.05, 0.1) is 0 Å². The fraction of sp³-hybridized carbons (Fsp3) is 0.308. The second kappa shape index (κ2) is 4.30. The highest BCUT2D eigenvalue weighted by Gasteiger charge is 2.34. The van der Waals surface area contributed by atoms with Gasteiger partial charge in [0.1, 0.15) is 0 Å². The Morgan fingerprint density at radius 1 is 1.40 bits per heavy atom. The van der Waals surface area contributed by atoms with Crippen LogP contribution in [0.5, 0.6) is 0 Å². The lowest BCUT2D eigenvalue weighted by Crippen LogP contribution is -1.90. The summed E-state index contributed by atoms with van der Waals surface area (Å²) in [5.74, 6) is 0.268. The van der Waals surface area contributed by atoms with Crippen molar-refractivity contribution in [3.63, 3.8) is 0 Å². The maximum atomic E-state index is 10.3. The van der Waals surface area contributed by atoms with Gasteiger partial charge in [-0.2, -0.15) is 0 Å². The van der Waals surface area contributed by atoms with E-state index in [-0.39, 0.29) is 0 Å². The Hall–Kier alpha value is -1.57. The van der Waals surface area contributed by atoms with Crippen molar-refractivity contribution < 1.29 is 9.90 Å². The Morgan fingerprint density at radius 2 is 2.13 bits per heavy atom. The van der Waals surface area contributed by atoms with E-state index < -0.39 is 5.97 Å². The second-order valence-electron chi connectivity index (χ2n) is 4.05. The lowest BCUT2D eigenvalue weighted by molar-refractivity contribution is -0.131. The van der Waals surface area contributed by atoms with E-state index in [1.807, 2.05) is 24.3 Å². The molecule has 0 heterocycles. The highest BCUT2D eigenvalue weighted by atomic mass is 16.4. The van der Waals surface area contributed by atoms with Gasteiger partial charge in [0.25, 0.3) is 0 Å². The molecule has 0 unspecified atom stereocenters. The maximum absolute atomic E-state index is 10.3. The summed E-state index contributed by atoms with van der Waals surface area (Å²) in [6, 6.07) is 10.3. The maximum Gasteiger partial charge on any atom is 0.327 e. The highest BCUT2D eigenvalue weighted by molar-refractivity contribution is 5.79. The summed E-state index contributed by atoms with van der Waals surface area (Å²) < 4.78 is 0. The van der Waals surface area contributed by atoms with Gasteiger partial charge in [0.2, 0.25) is 0 Å². The summed E-state index contributed by atoms with van der Waals surface area (Å²) >= 11 is 0. The molecule has 1 aliphatic carbocycles. The van der Waals surface area contributed by atoms with Crippen molar-refractivity contribution in [3.05, 3.63) is 48.0 Å². The molecule has 0 amide bonds. The van der Waals surface area contributed by atoms with E-state index >= 15 is 0 Å². The van der Waals surface area contributed by atoms with Crippen LogP contribution in [0, 0.1) is 11.8 Å². The molecular formula is C13H14O2. The molecule has 0 spiro atoms. The molecule has 2 heteroatoms. The van der Waals surface area contributed by atoms with Gasteiger partial charge in [-0.1, -0.05) is 36.4 Å². The van der Waals surface area contributed by atoms with Gasteiger partial charge in [0.15, 0.2) is 0 Å². The number of allylic oxidation sites excluding steroid dienone is 1. The van der Waals surface area contributed by atoms with Crippen molar-refractivity contribution in [1.29, 1.82) is 0 Å². The zero-order valence-electron chi connectivity index (χ0n) is 8.47. The first-order valence-corrected chi connectivity index (χ1v) is 5.21. The SMILES string of the molecule is O=C(O)/C=C/[C@@H]1C[C@H]1Cc1ccccc1. The van der Waals surface area contributed by atoms with Crippen LogP contribution in [-0.2, 0) is 11.2 Å². The fourth-order valence-corrected chi connectivity index (χ4v) is 1.86. The predicted molar refractivity (Wildman–Crippen MR) is 58.5 cm³/mol. The molecule has 2 nitrogen and oxygen atoms in total. The van der Waals surface area contributed by atoms with Crippen LogP contribution in [0.2, 0.25) is 0 Å². The van der Waals surface area contributed by atoms with Gasteiger partial charge in [-0.05, 0) is 30.2 Å². The molecule has 0 aliphatic heterocycles. The number of hydrogen-bond donors (Lipinski definition) is 1. The molecule has 1 fully saturated rings. The summed E-state index contributed by atoms with van der Waals surface area (Å²) in [6.07, 6.45) is 5.26. The lowest BCUT2D eigenvalue weighted by atomic mass is 10.1. The molecule has 1 aromatic rings. The summed E-state index contributed by atoms with van der Waals surface area (Å²) in [5, 5.41) is 8.48. The molecule has 0 aromatic heterocycles. The molecule has 78 valence electrons. The van der Waals surface area contributed by atoms with Crippen LogP contribution >= 0.6 is 0 Å². The zero-order valence-corrected chi connectivity index (χ0v) is 8.47. The van der Waals surface area contributed by atoms with E-state index in [9.17, 15) is 4.79 Å². The van der Waals surface area contributed by atoms with Crippen molar-refractivity contribution in [2.75, 3.05) is 0 Å². The Bertz CT molecular complexity index is 367.